The Hall–Kier alpha value is -4.01. The Bertz CT molecular complexity index is 1260. The molecular formula is C24H18F4N2O3. The molecule has 2 heterocycles. The Kier molecular flexibility index (Phi) is 6.21. The number of halogens is 4. The predicted molar refractivity (Wildman–Crippen MR) is 111 cm³/mol. The number of aromatic nitrogens is 1. The van der Waals surface area contributed by atoms with Crippen LogP contribution < -0.4 is 10.1 Å². The van der Waals surface area contributed by atoms with Crippen molar-refractivity contribution in [1.29, 1.82) is 0 Å². The Morgan fingerprint density at radius 3 is 2.39 bits per heavy atom. The first-order valence-corrected chi connectivity index (χ1v) is 9.92. The molecule has 0 bridgehead atoms. The number of hydrogen-bond donors (Lipinski definition) is 1. The van der Waals surface area contributed by atoms with E-state index < -0.39 is 41.5 Å². The van der Waals surface area contributed by atoms with E-state index in [1.807, 2.05) is 60.3 Å². The molecule has 4 rings (SSSR count). The summed E-state index contributed by atoms with van der Waals surface area (Å²) < 4.78 is 66.1. The van der Waals surface area contributed by atoms with Gasteiger partial charge in [0.15, 0.2) is 23.1 Å². The van der Waals surface area contributed by atoms with Gasteiger partial charge < -0.3 is 19.0 Å². The van der Waals surface area contributed by atoms with Gasteiger partial charge in [-0.05, 0) is 48.9 Å². The van der Waals surface area contributed by atoms with E-state index in [9.17, 15) is 22.4 Å². The zero-order valence-corrected chi connectivity index (χ0v) is 17.3. The maximum Gasteiger partial charge on any atom is 0.287 e. The van der Waals surface area contributed by atoms with Gasteiger partial charge in [0.25, 0.3) is 5.91 Å². The van der Waals surface area contributed by atoms with Crippen LogP contribution in [0.3, 0.4) is 0 Å². The van der Waals surface area contributed by atoms with E-state index in [4.69, 9.17) is 9.15 Å². The molecule has 0 aliphatic heterocycles. The summed E-state index contributed by atoms with van der Waals surface area (Å²) in [5.74, 6) is -8.24. The third-order valence-corrected chi connectivity index (χ3v) is 4.94. The molecule has 1 amide bonds. The normalized spacial score (nSPS) is 11.9. The van der Waals surface area contributed by atoms with E-state index in [-0.39, 0.29) is 23.6 Å². The van der Waals surface area contributed by atoms with Crippen LogP contribution in [0.2, 0.25) is 0 Å². The summed E-state index contributed by atoms with van der Waals surface area (Å²) >= 11 is 0. The van der Waals surface area contributed by atoms with Crippen molar-refractivity contribution < 1.29 is 31.5 Å². The molecule has 0 aliphatic rings. The first-order valence-electron chi connectivity index (χ1n) is 9.92. The van der Waals surface area contributed by atoms with Crippen molar-refractivity contribution in [2.24, 2.45) is 0 Å². The predicted octanol–water partition coefficient (Wildman–Crippen LogP) is 5.70. The second kappa shape index (κ2) is 9.23. The summed E-state index contributed by atoms with van der Waals surface area (Å²) in [6, 6.07) is 13.9. The van der Waals surface area contributed by atoms with Crippen LogP contribution in [-0.2, 0) is 6.61 Å². The molecule has 2 aromatic carbocycles. The minimum absolute atomic E-state index is 0.0332. The molecule has 170 valence electrons. The number of nitrogens with zero attached hydrogens (tertiary/aromatic N) is 1. The third kappa shape index (κ3) is 4.77. The van der Waals surface area contributed by atoms with Crippen LogP contribution in [0.5, 0.6) is 5.75 Å². The van der Waals surface area contributed by atoms with E-state index in [0.29, 0.717) is 0 Å². The maximum atomic E-state index is 13.7. The fourth-order valence-corrected chi connectivity index (χ4v) is 3.21. The van der Waals surface area contributed by atoms with Crippen LogP contribution in [-0.4, -0.2) is 10.5 Å². The van der Waals surface area contributed by atoms with Gasteiger partial charge in [-0.15, -0.1) is 0 Å². The molecule has 9 heteroatoms. The van der Waals surface area contributed by atoms with Crippen molar-refractivity contribution in [1.82, 2.24) is 9.88 Å². The van der Waals surface area contributed by atoms with Gasteiger partial charge in [0.1, 0.15) is 12.4 Å². The van der Waals surface area contributed by atoms with Crippen molar-refractivity contribution in [3.8, 4) is 11.4 Å². The second-order valence-electron chi connectivity index (χ2n) is 7.23. The molecule has 0 saturated carbocycles. The Balaban J connectivity index is 1.41. The molecule has 2 aromatic heterocycles. The van der Waals surface area contributed by atoms with E-state index in [1.54, 1.807) is 0 Å². The molecular weight excluding hydrogens is 440 g/mol. The topological polar surface area (TPSA) is 56.4 Å². The summed E-state index contributed by atoms with van der Waals surface area (Å²) in [6.07, 6.45) is 3.82. The van der Waals surface area contributed by atoms with Crippen molar-refractivity contribution in [2.75, 3.05) is 0 Å². The molecule has 1 atom stereocenters. The highest BCUT2D eigenvalue weighted by Crippen LogP contribution is 2.27. The Labute approximate surface area is 186 Å². The van der Waals surface area contributed by atoms with Crippen LogP contribution in [0.25, 0.3) is 5.69 Å². The lowest BCUT2D eigenvalue weighted by Gasteiger charge is -2.15. The van der Waals surface area contributed by atoms with E-state index in [2.05, 4.69) is 5.32 Å². The van der Waals surface area contributed by atoms with Gasteiger partial charge in [0.2, 0.25) is 11.6 Å². The lowest BCUT2D eigenvalue weighted by molar-refractivity contribution is 0.0907. The first-order chi connectivity index (χ1) is 15.8. The largest absolute Gasteiger partial charge is 0.479 e. The molecule has 0 spiro atoms. The number of nitrogens with one attached hydrogen (secondary N) is 1. The van der Waals surface area contributed by atoms with Crippen molar-refractivity contribution >= 4 is 5.91 Å². The molecule has 0 radical (unpaired) electrons. The monoisotopic (exact) mass is 458 g/mol. The smallest absolute Gasteiger partial charge is 0.287 e. The summed E-state index contributed by atoms with van der Waals surface area (Å²) in [5.41, 5.74) is 1.80. The van der Waals surface area contributed by atoms with Crippen LogP contribution in [0.4, 0.5) is 17.6 Å². The number of benzene rings is 2. The number of carbonyl (C=O) groups is 1. The molecule has 1 N–H and O–H groups in total. The van der Waals surface area contributed by atoms with Crippen molar-refractivity contribution in [2.45, 2.75) is 19.6 Å². The highest BCUT2D eigenvalue weighted by Gasteiger charge is 2.21. The molecule has 33 heavy (non-hydrogen) atoms. The standard InChI is InChI=1S/C24H18F4N2O3/c1-14(15-5-4-6-16(11-15)30-9-2-3-10-30)29-24(31)20-8-7-17(33-20)13-32-23-21(27)18(25)12-19(26)22(23)28/h2-12,14H,13H2,1H3,(H,29,31). The number of hydrogen-bond acceptors (Lipinski definition) is 3. The highest BCUT2D eigenvalue weighted by atomic mass is 19.2. The van der Waals surface area contributed by atoms with Gasteiger partial charge in [-0.3, -0.25) is 4.79 Å². The van der Waals surface area contributed by atoms with Crippen LogP contribution in [0, 0.1) is 23.3 Å². The average Bonchev–Trinajstić information content (AvgIpc) is 3.50. The number of rotatable bonds is 7. The SMILES string of the molecule is CC(NC(=O)c1ccc(COc2c(F)c(F)cc(F)c2F)o1)c1cccc(-n2cccc2)c1. The molecule has 4 aromatic rings. The van der Waals surface area contributed by atoms with E-state index in [0.717, 1.165) is 11.3 Å². The number of furan rings is 1. The summed E-state index contributed by atoms with van der Waals surface area (Å²) in [5, 5.41) is 2.80. The zero-order chi connectivity index (χ0) is 23.5. The summed E-state index contributed by atoms with van der Waals surface area (Å²) in [4.78, 5) is 12.6. The maximum absolute atomic E-state index is 13.7. The van der Waals surface area contributed by atoms with Crippen molar-refractivity contribution in [3.63, 3.8) is 0 Å². The number of amides is 1. The fraction of sp³-hybridized carbons (Fsp3) is 0.125. The van der Waals surface area contributed by atoms with E-state index >= 15 is 0 Å². The number of ether oxygens (including phenoxy) is 1. The van der Waals surface area contributed by atoms with Crippen LogP contribution in [0.1, 0.15) is 34.8 Å². The summed E-state index contributed by atoms with van der Waals surface area (Å²) in [6.45, 7) is 1.27. The van der Waals surface area contributed by atoms with Gasteiger partial charge in [0, 0.05) is 24.1 Å². The van der Waals surface area contributed by atoms with Gasteiger partial charge in [-0.1, -0.05) is 12.1 Å². The van der Waals surface area contributed by atoms with Crippen LogP contribution >= 0.6 is 0 Å². The zero-order valence-electron chi connectivity index (χ0n) is 17.3. The quantitative estimate of drug-likeness (QED) is 0.286. The second-order valence-corrected chi connectivity index (χ2v) is 7.23. The molecule has 1 unspecified atom stereocenters. The lowest BCUT2D eigenvalue weighted by Crippen LogP contribution is -2.26. The fourth-order valence-electron chi connectivity index (χ4n) is 3.21. The van der Waals surface area contributed by atoms with Gasteiger partial charge in [-0.2, -0.15) is 8.78 Å². The number of carbonyl (C=O) groups excluding carboxylic acids is 1. The minimum Gasteiger partial charge on any atom is -0.479 e. The molecule has 0 aliphatic carbocycles. The molecule has 0 fully saturated rings. The Morgan fingerprint density at radius 2 is 1.70 bits per heavy atom. The van der Waals surface area contributed by atoms with Crippen molar-refractivity contribution in [3.05, 3.63) is 107 Å². The van der Waals surface area contributed by atoms with Gasteiger partial charge >= 0.3 is 0 Å². The van der Waals surface area contributed by atoms with Gasteiger partial charge in [0.05, 0.1) is 6.04 Å². The van der Waals surface area contributed by atoms with Crippen LogP contribution in [0.15, 0.2) is 71.4 Å². The van der Waals surface area contributed by atoms with Gasteiger partial charge in [-0.25, -0.2) is 8.78 Å². The molecule has 5 nitrogen and oxygen atoms in total. The first kappa shape index (κ1) is 22.2. The van der Waals surface area contributed by atoms with E-state index in [1.165, 1.54) is 12.1 Å². The minimum atomic E-state index is -1.66. The highest BCUT2D eigenvalue weighted by molar-refractivity contribution is 5.91. The Morgan fingerprint density at radius 1 is 1.00 bits per heavy atom. The average molecular weight is 458 g/mol. The molecule has 0 saturated heterocycles. The third-order valence-electron chi connectivity index (χ3n) is 4.94. The summed E-state index contributed by atoms with van der Waals surface area (Å²) in [7, 11) is 0. The lowest BCUT2D eigenvalue weighted by atomic mass is 10.1.